The molecule has 7 nitrogen and oxygen atoms in total. The van der Waals surface area contributed by atoms with Gasteiger partial charge in [0, 0.05) is 4.88 Å². The molecule has 0 unspecified atom stereocenters. The number of nitrogens with one attached hydrogen (secondary N) is 1. The number of carbonyl (C=O) groups is 1. The number of nitriles is 1. The van der Waals surface area contributed by atoms with E-state index in [0.717, 1.165) is 43.4 Å². The molecule has 0 radical (unpaired) electrons. The van der Waals surface area contributed by atoms with Crippen LogP contribution in [0.25, 0.3) is 5.69 Å². The zero-order chi connectivity index (χ0) is 21.1. The molecule has 9 heteroatoms. The molecular formula is C21H22N6OS2. The quantitative estimate of drug-likeness (QED) is 0.581. The number of thioether (sulfide) groups is 1. The van der Waals surface area contributed by atoms with E-state index in [9.17, 15) is 10.1 Å². The van der Waals surface area contributed by atoms with E-state index in [-0.39, 0.29) is 5.91 Å². The van der Waals surface area contributed by atoms with Gasteiger partial charge >= 0.3 is 0 Å². The van der Waals surface area contributed by atoms with Crippen LogP contribution in [-0.2, 0) is 24.1 Å². The predicted molar refractivity (Wildman–Crippen MR) is 118 cm³/mol. The highest BCUT2D eigenvalue weighted by atomic mass is 32.2. The first-order chi connectivity index (χ1) is 14.6. The number of hydrogen-bond acceptors (Lipinski definition) is 7. The molecule has 1 aromatic carbocycles. The van der Waals surface area contributed by atoms with E-state index in [1.165, 1.54) is 33.5 Å². The molecule has 0 saturated carbocycles. The Kier molecular flexibility index (Phi) is 6.16. The Morgan fingerprint density at radius 1 is 1.33 bits per heavy atom. The molecule has 0 spiro atoms. The summed E-state index contributed by atoms with van der Waals surface area (Å²) in [5, 5.41) is 25.3. The van der Waals surface area contributed by atoms with E-state index in [1.54, 1.807) is 4.68 Å². The molecule has 0 fully saturated rings. The lowest BCUT2D eigenvalue weighted by Crippen LogP contribution is -2.23. The lowest BCUT2D eigenvalue weighted by Gasteiger charge is -2.11. The van der Waals surface area contributed by atoms with Gasteiger partial charge in [-0.1, -0.05) is 30.8 Å². The van der Waals surface area contributed by atoms with Gasteiger partial charge in [0.1, 0.15) is 11.1 Å². The van der Waals surface area contributed by atoms with Crippen LogP contribution in [-0.4, -0.2) is 31.4 Å². The third kappa shape index (κ3) is 4.11. The minimum atomic E-state index is -0.421. The van der Waals surface area contributed by atoms with Crippen molar-refractivity contribution in [2.45, 2.75) is 56.4 Å². The molecule has 1 atom stereocenters. The van der Waals surface area contributed by atoms with Crippen LogP contribution in [0.3, 0.4) is 0 Å². The molecule has 0 bridgehead atoms. The Hall–Kier alpha value is -2.70. The summed E-state index contributed by atoms with van der Waals surface area (Å²) in [6.07, 6.45) is 5.10. The van der Waals surface area contributed by atoms with Crippen molar-refractivity contribution in [2.75, 3.05) is 5.32 Å². The number of tetrazole rings is 1. The summed E-state index contributed by atoms with van der Waals surface area (Å²) in [6, 6.07) is 10.3. The van der Waals surface area contributed by atoms with Gasteiger partial charge in [-0.2, -0.15) is 9.94 Å². The topological polar surface area (TPSA) is 96.5 Å². The summed E-state index contributed by atoms with van der Waals surface area (Å²) in [5.74, 6) is -0.161. The van der Waals surface area contributed by atoms with Crippen LogP contribution in [0, 0.1) is 11.3 Å². The Balaban J connectivity index is 1.48. The second-order valence-corrected chi connectivity index (χ2v) is 9.58. The highest BCUT2D eigenvalue weighted by Crippen LogP contribution is 2.38. The summed E-state index contributed by atoms with van der Waals surface area (Å²) in [4.78, 5) is 14.1. The molecule has 4 rings (SSSR count). The second-order valence-electron chi connectivity index (χ2n) is 7.17. The number of aromatic nitrogens is 4. The molecule has 154 valence electrons. The summed E-state index contributed by atoms with van der Waals surface area (Å²) in [5.41, 5.74) is 3.83. The fraction of sp³-hybridized carbons (Fsp3) is 0.381. The van der Waals surface area contributed by atoms with E-state index in [2.05, 4.69) is 33.8 Å². The van der Waals surface area contributed by atoms with Crippen molar-refractivity contribution in [1.82, 2.24) is 20.2 Å². The lowest BCUT2D eigenvalue weighted by atomic mass is 9.96. The van der Waals surface area contributed by atoms with Gasteiger partial charge in [-0.05, 0) is 72.7 Å². The van der Waals surface area contributed by atoms with E-state index in [0.29, 0.717) is 15.7 Å². The van der Waals surface area contributed by atoms with Gasteiger partial charge in [0.15, 0.2) is 0 Å². The van der Waals surface area contributed by atoms with Crippen molar-refractivity contribution >= 4 is 34.0 Å². The molecule has 0 aliphatic heterocycles. The number of amides is 1. The van der Waals surface area contributed by atoms with Gasteiger partial charge < -0.3 is 5.32 Å². The fourth-order valence-corrected chi connectivity index (χ4v) is 5.53. The van der Waals surface area contributed by atoms with Crippen molar-refractivity contribution in [2.24, 2.45) is 0 Å². The fourth-order valence-electron chi connectivity index (χ4n) is 3.48. The molecule has 3 aromatic rings. The molecular weight excluding hydrogens is 416 g/mol. The number of carbonyl (C=O) groups excluding carboxylic acids is 1. The molecule has 2 heterocycles. The summed E-state index contributed by atoms with van der Waals surface area (Å²) >= 11 is 2.83. The van der Waals surface area contributed by atoms with E-state index in [4.69, 9.17) is 0 Å². The van der Waals surface area contributed by atoms with Crippen molar-refractivity contribution in [3.8, 4) is 11.8 Å². The lowest BCUT2D eigenvalue weighted by molar-refractivity contribution is -0.115. The van der Waals surface area contributed by atoms with Crippen LogP contribution >= 0.6 is 23.1 Å². The van der Waals surface area contributed by atoms with Gasteiger partial charge in [0.2, 0.25) is 11.1 Å². The maximum atomic E-state index is 12.8. The summed E-state index contributed by atoms with van der Waals surface area (Å²) in [6.45, 7) is 3.92. The number of aryl methyl sites for hydroxylation is 2. The van der Waals surface area contributed by atoms with Crippen molar-refractivity contribution < 1.29 is 4.79 Å². The molecule has 1 aliphatic rings. The van der Waals surface area contributed by atoms with Gasteiger partial charge in [0.05, 0.1) is 16.5 Å². The van der Waals surface area contributed by atoms with Crippen LogP contribution in [0.15, 0.2) is 29.4 Å². The zero-order valence-electron chi connectivity index (χ0n) is 16.9. The standard InChI is InChI=1S/C21H22N6OS2/c1-3-14-8-10-15(11-9-14)27-21(24-25-26-27)29-13(2)19(28)23-20-17(12-22)16-6-4-5-7-18(16)30-20/h8-11,13H,3-7H2,1-2H3,(H,23,28)/t13-/m0/s1. The second kappa shape index (κ2) is 8.98. The molecule has 0 saturated heterocycles. The molecule has 2 aromatic heterocycles. The highest BCUT2D eigenvalue weighted by Gasteiger charge is 2.25. The summed E-state index contributed by atoms with van der Waals surface area (Å²) < 4.78 is 1.64. The molecule has 1 amide bonds. The zero-order valence-corrected chi connectivity index (χ0v) is 18.5. The van der Waals surface area contributed by atoms with Gasteiger partial charge in [0.25, 0.3) is 0 Å². The van der Waals surface area contributed by atoms with Crippen LogP contribution in [0.4, 0.5) is 5.00 Å². The van der Waals surface area contributed by atoms with Crippen LogP contribution < -0.4 is 5.32 Å². The number of fused-ring (bicyclic) bond motifs is 1. The Morgan fingerprint density at radius 2 is 2.10 bits per heavy atom. The minimum Gasteiger partial charge on any atom is -0.316 e. The van der Waals surface area contributed by atoms with Gasteiger partial charge in [-0.3, -0.25) is 4.79 Å². The predicted octanol–water partition coefficient (Wildman–Crippen LogP) is 4.16. The van der Waals surface area contributed by atoms with Gasteiger partial charge in [-0.25, -0.2) is 0 Å². The first kappa shape index (κ1) is 20.6. The number of nitrogens with zero attached hydrogens (tertiary/aromatic N) is 5. The number of anilines is 1. The highest BCUT2D eigenvalue weighted by molar-refractivity contribution is 8.00. The molecule has 1 aliphatic carbocycles. The minimum absolute atomic E-state index is 0.161. The number of thiophene rings is 1. The average Bonchev–Trinajstić information content (AvgIpc) is 3.37. The van der Waals surface area contributed by atoms with Crippen LogP contribution in [0.1, 0.15) is 48.3 Å². The number of benzene rings is 1. The largest absolute Gasteiger partial charge is 0.316 e. The maximum Gasteiger partial charge on any atom is 0.238 e. The third-order valence-corrected chi connectivity index (χ3v) is 7.44. The van der Waals surface area contributed by atoms with Crippen LogP contribution in [0.5, 0.6) is 0 Å². The normalized spacial score (nSPS) is 14.0. The van der Waals surface area contributed by atoms with Crippen molar-refractivity contribution in [3.05, 3.63) is 45.8 Å². The number of rotatable bonds is 6. The van der Waals surface area contributed by atoms with E-state index < -0.39 is 5.25 Å². The van der Waals surface area contributed by atoms with Crippen molar-refractivity contribution in [1.29, 1.82) is 5.26 Å². The number of hydrogen-bond donors (Lipinski definition) is 1. The SMILES string of the molecule is CCc1ccc(-n2nnnc2S[C@@H](C)C(=O)Nc2sc3c(c2C#N)CCCC3)cc1. The van der Waals surface area contributed by atoms with Gasteiger partial charge in [-0.15, -0.1) is 16.4 Å². The third-order valence-electron chi connectivity index (χ3n) is 5.20. The molecule has 30 heavy (non-hydrogen) atoms. The Bertz CT molecular complexity index is 1100. The summed E-state index contributed by atoms with van der Waals surface area (Å²) in [7, 11) is 0. The van der Waals surface area contributed by atoms with E-state index in [1.807, 2.05) is 31.2 Å². The molecule has 1 N–H and O–H groups in total. The van der Waals surface area contributed by atoms with E-state index >= 15 is 0 Å². The van der Waals surface area contributed by atoms with Crippen molar-refractivity contribution in [3.63, 3.8) is 0 Å². The first-order valence-corrected chi connectivity index (χ1v) is 11.7. The average molecular weight is 439 g/mol. The van der Waals surface area contributed by atoms with Crippen LogP contribution in [0.2, 0.25) is 0 Å². The Labute approximate surface area is 183 Å². The maximum absolute atomic E-state index is 12.8. The smallest absolute Gasteiger partial charge is 0.238 e. The first-order valence-electron chi connectivity index (χ1n) is 10.0. The monoisotopic (exact) mass is 438 g/mol. The Morgan fingerprint density at radius 3 is 2.83 bits per heavy atom.